The van der Waals surface area contributed by atoms with Crippen molar-refractivity contribution in [3.8, 4) is 0 Å². The first kappa shape index (κ1) is 15.7. The highest BCUT2D eigenvalue weighted by Gasteiger charge is 2.21. The van der Waals surface area contributed by atoms with Gasteiger partial charge < -0.3 is 15.1 Å². The van der Waals surface area contributed by atoms with Crippen LogP contribution in [0.1, 0.15) is 19.3 Å². The number of hydrogen-bond acceptors (Lipinski definition) is 5. The van der Waals surface area contributed by atoms with Crippen molar-refractivity contribution in [2.75, 3.05) is 49.7 Å². The highest BCUT2D eigenvalue weighted by atomic mass is 15.2. The van der Waals surface area contributed by atoms with E-state index in [1.165, 1.54) is 41.4 Å². The molecule has 2 saturated heterocycles. The van der Waals surface area contributed by atoms with Gasteiger partial charge in [-0.2, -0.15) is 0 Å². The van der Waals surface area contributed by atoms with Crippen molar-refractivity contribution in [2.45, 2.75) is 25.3 Å². The van der Waals surface area contributed by atoms with Gasteiger partial charge in [0.2, 0.25) is 0 Å². The molecule has 5 heteroatoms. The zero-order valence-electron chi connectivity index (χ0n) is 14.5. The van der Waals surface area contributed by atoms with E-state index in [-0.39, 0.29) is 0 Å². The summed E-state index contributed by atoms with van der Waals surface area (Å²) < 4.78 is 0. The van der Waals surface area contributed by atoms with E-state index < -0.39 is 0 Å². The molecule has 128 valence electrons. The number of nitrogens with zero attached hydrogens (tertiary/aromatic N) is 3. The van der Waals surface area contributed by atoms with Gasteiger partial charge in [0, 0.05) is 48.3 Å². The minimum absolute atomic E-state index is 0.657. The monoisotopic (exact) mass is 325 g/mol. The summed E-state index contributed by atoms with van der Waals surface area (Å²) in [5, 5.41) is 9.48. The Morgan fingerprint density at radius 3 is 2.67 bits per heavy atom. The van der Waals surface area contributed by atoms with Crippen molar-refractivity contribution in [3.05, 3.63) is 30.6 Å². The molecule has 0 radical (unpaired) electrons. The Morgan fingerprint density at radius 1 is 1.04 bits per heavy atom. The Kier molecular flexibility index (Phi) is 4.54. The number of anilines is 2. The van der Waals surface area contributed by atoms with Gasteiger partial charge in [-0.15, -0.1) is 0 Å². The maximum Gasteiger partial charge on any atom is 0.0682 e. The van der Waals surface area contributed by atoms with E-state index in [2.05, 4.69) is 50.7 Å². The Bertz CT molecular complexity index is 687. The SMILES string of the molecule is CNC1CCN(c2cccc3c(N4CCCNC4)cncc23)CC1. The second kappa shape index (κ2) is 6.95. The van der Waals surface area contributed by atoms with E-state index in [1.807, 2.05) is 12.4 Å². The zero-order chi connectivity index (χ0) is 16.4. The van der Waals surface area contributed by atoms with Crippen molar-refractivity contribution in [2.24, 2.45) is 0 Å². The third-order valence-corrected chi connectivity index (χ3v) is 5.43. The summed E-state index contributed by atoms with van der Waals surface area (Å²) in [5.41, 5.74) is 2.59. The normalized spacial score (nSPS) is 19.9. The Morgan fingerprint density at radius 2 is 1.92 bits per heavy atom. The molecule has 5 nitrogen and oxygen atoms in total. The van der Waals surface area contributed by atoms with Crippen LogP contribution in [-0.2, 0) is 0 Å². The van der Waals surface area contributed by atoms with Crippen LogP contribution in [0.4, 0.5) is 11.4 Å². The molecule has 0 aliphatic carbocycles. The summed E-state index contributed by atoms with van der Waals surface area (Å²) in [7, 11) is 2.07. The largest absolute Gasteiger partial charge is 0.371 e. The van der Waals surface area contributed by atoms with Gasteiger partial charge in [-0.05, 0) is 38.9 Å². The molecule has 0 amide bonds. The first-order valence-corrected chi connectivity index (χ1v) is 9.11. The average Bonchev–Trinajstić information content (AvgIpc) is 2.68. The molecular formula is C19H27N5. The Hall–Kier alpha value is -1.85. The van der Waals surface area contributed by atoms with E-state index in [9.17, 15) is 0 Å². The van der Waals surface area contributed by atoms with Crippen LogP contribution >= 0.6 is 0 Å². The van der Waals surface area contributed by atoms with Crippen LogP contribution in [-0.4, -0.2) is 50.9 Å². The molecule has 0 spiro atoms. The van der Waals surface area contributed by atoms with E-state index in [0.717, 1.165) is 32.8 Å². The molecular weight excluding hydrogens is 298 g/mol. The van der Waals surface area contributed by atoms with Gasteiger partial charge in [-0.3, -0.25) is 10.3 Å². The quantitative estimate of drug-likeness (QED) is 0.905. The highest BCUT2D eigenvalue weighted by molar-refractivity contribution is 6.01. The third kappa shape index (κ3) is 2.94. The summed E-state index contributed by atoms with van der Waals surface area (Å²) in [6.45, 7) is 5.35. The first-order valence-electron chi connectivity index (χ1n) is 9.11. The number of pyridine rings is 1. The van der Waals surface area contributed by atoms with Crippen molar-refractivity contribution >= 4 is 22.1 Å². The van der Waals surface area contributed by atoms with Crippen LogP contribution in [0.2, 0.25) is 0 Å². The number of nitrogens with one attached hydrogen (secondary N) is 2. The topological polar surface area (TPSA) is 43.4 Å². The predicted molar refractivity (Wildman–Crippen MR) is 101 cm³/mol. The lowest BCUT2D eigenvalue weighted by Gasteiger charge is -2.35. The molecule has 2 aliphatic heterocycles. The molecule has 0 unspecified atom stereocenters. The molecule has 2 N–H and O–H groups in total. The smallest absolute Gasteiger partial charge is 0.0682 e. The van der Waals surface area contributed by atoms with Crippen LogP contribution in [0, 0.1) is 0 Å². The van der Waals surface area contributed by atoms with Crippen LogP contribution in [0.5, 0.6) is 0 Å². The molecule has 0 atom stereocenters. The summed E-state index contributed by atoms with van der Waals surface area (Å²) in [4.78, 5) is 9.50. The number of rotatable bonds is 3. The lowest BCUT2D eigenvalue weighted by molar-refractivity contribution is 0.443. The lowest BCUT2D eigenvalue weighted by Crippen LogP contribution is -2.42. The summed E-state index contributed by atoms with van der Waals surface area (Å²) in [6, 6.07) is 7.35. The molecule has 24 heavy (non-hydrogen) atoms. The zero-order valence-corrected chi connectivity index (χ0v) is 14.5. The predicted octanol–water partition coefficient (Wildman–Crippen LogP) is 2.18. The second-order valence-corrected chi connectivity index (χ2v) is 6.86. The van der Waals surface area contributed by atoms with Crippen molar-refractivity contribution < 1.29 is 0 Å². The van der Waals surface area contributed by atoms with Crippen molar-refractivity contribution in [3.63, 3.8) is 0 Å². The molecule has 2 aromatic rings. The lowest BCUT2D eigenvalue weighted by atomic mass is 10.0. The Balaban J connectivity index is 1.67. The highest BCUT2D eigenvalue weighted by Crippen LogP contribution is 2.33. The van der Waals surface area contributed by atoms with Gasteiger partial charge >= 0.3 is 0 Å². The van der Waals surface area contributed by atoms with E-state index in [1.54, 1.807) is 0 Å². The fourth-order valence-electron chi connectivity index (χ4n) is 3.99. The maximum atomic E-state index is 4.57. The second-order valence-electron chi connectivity index (χ2n) is 6.86. The fraction of sp³-hybridized carbons (Fsp3) is 0.526. The number of aromatic nitrogens is 1. The molecule has 2 aliphatic rings. The van der Waals surface area contributed by atoms with Gasteiger partial charge in [0.05, 0.1) is 18.6 Å². The molecule has 3 heterocycles. The van der Waals surface area contributed by atoms with Crippen molar-refractivity contribution in [1.29, 1.82) is 0 Å². The van der Waals surface area contributed by atoms with Crippen LogP contribution in [0.3, 0.4) is 0 Å². The number of fused-ring (bicyclic) bond motifs is 1. The molecule has 1 aromatic heterocycles. The third-order valence-electron chi connectivity index (χ3n) is 5.43. The van der Waals surface area contributed by atoms with Crippen LogP contribution < -0.4 is 20.4 Å². The molecule has 2 fully saturated rings. The van der Waals surface area contributed by atoms with Gasteiger partial charge in [0.15, 0.2) is 0 Å². The van der Waals surface area contributed by atoms with Gasteiger partial charge in [-0.1, -0.05) is 12.1 Å². The molecule has 0 saturated carbocycles. The molecule has 4 rings (SSSR count). The van der Waals surface area contributed by atoms with Gasteiger partial charge in [0.25, 0.3) is 0 Å². The van der Waals surface area contributed by atoms with Gasteiger partial charge in [-0.25, -0.2) is 0 Å². The van der Waals surface area contributed by atoms with Crippen molar-refractivity contribution in [1.82, 2.24) is 15.6 Å². The number of hydrogen-bond donors (Lipinski definition) is 2. The summed E-state index contributed by atoms with van der Waals surface area (Å²) in [5.74, 6) is 0. The van der Waals surface area contributed by atoms with E-state index >= 15 is 0 Å². The minimum atomic E-state index is 0.657. The number of piperidine rings is 1. The Labute approximate surface area is 144 Å². The van der Waals surface area contributed by atoms with Crippen LogP contribution in [0.25, 0.3) is 10.8 Å². The molecule has 0 bridgehead atoms. The molecule has 1 aromatic carbocycles. The van der Waals surface area contributed by atoms with E-state index in [0.29, 0.717) is 6.04 Å². The number of benzene rings is 1. The maximum absolute atomic E-state index is 4.57. The van der Waals surface area contributed by atoms with E-state index in [4.69, 9.17) is 0 Å². The minimum Gasteiger partial charge on any atom is -0.371 e. The first-order chi connectivity index (χ1) is 11.9. The summed E-state index contributed by atoms with van der Waals surface area (Å²) >= 11 is 0. The summed E-state index contributed by atoms with van der Waals surface area (Å²) in [6.07, 6.45) is 7.65. The standard InChI is InChI=1S/C19H27N5/c1-20-15-6-10-23(11-7-15)18-5-2-4-16-17(18)12-22-13-19(16)24-9-3-8-21-14-24/h2,4-5,12-13,15,20-21H,3,6-11,14H2,1H3. The average molecular weight is 325 g/mol. The van der Waals surface area contributed by atoms with Gasteiger partial charge in [0.1, 0.15) is 0 Å². The van der Waals surface area contributed by atoms with Crippen LogP contribution in [0.15, 0.2) is 30.6 Å². The fourth-order valence-corrected chi connectivity index (χ4v) is 3.99.